The lowest BCUT2D eigenvalue weighted by atomic mass is 10.1. The number of thioether (sulfide) groups is 1. The molecule has 1 aliphatic heterocycles. The van der Waals surface area contributed by atoms with Crippen molar-refractivity contribution in [2.75, 3.05) is 0 Å². The average molecular weight is 432 g/mol. The largest absolute Gasteiger partial charge is 0.352 e. The average Bonchev–Trinajstić information content (AvgIpc) is 3.47. The van der Waals surface area contributed by atoms with E-state index in [-0.39, 0.29) is 30.1 Å². The maximum Gasteiger partial charge on any atom is 0.293 e. The highest BCUT2D eigenvalue weighted by molar-refractivity contribution is 8.18. The second kappa shape index (κ2) is 8.07. The van der Waals surface area contributed by atoms with Crippen molar-refractivity contribution in [1.29, 1.82) is 0 Å². The Morgan fingerprint density at radius 2 is 1.81 bits per heavy atom. The first-order chi connectivity index (χ1) is 15.1. The van der Waals surface area contributed by atoms with Gasteiger partial charge in [-0.05, 0) is 42.3 Å². The van der Waals surface area contributed by atoms with Gasteiger partial charge in [-0.15, -0.1) is 0 Å². The predicted octanol–water partition coefficient (Wildman–Crippen LogP) is 4.16. The van der Waals surface area contributed by atoms with Crippen LogP contribution in [0.25, 0.3) is 17.0 Å². The fourth-order valence-corrected chi connectivity index (χ4v) is 4.55. The third kappa shape index (κ3) is 4.14. The van der Waals surface area contributed by atoms with E-state index in [1.54, 1.807) is 6.08 Å². The fourth-order valence-electron chi connectivity index (χ4n) is 3.72. The Bertz CT molecular complexity index is 1210. The number of para-hydroxylation sites is 1. The molecule has 2 aliphatic rings. The van der Waals surface area contributed by atoms with Gasteiger partial charge in [0.1, 0.15) is 6.54 Å². The van der Waals surface area contributed by atoms with Crippen molar-refractivity contribution in [2.45, 2.75) is 32.0 Å². The van der Waals surface area contributed by atoms with Gasteiger partial charge in [-0.3, -0.25) is 19.3 Å². The van der Waals surface area contributed by atoms with Gasteiger partial charge in [0, 0.05) is 28.7 Å². The first-order valence-electron chi connectivity index (χ1n) is 10.2. The third-order valence-electron chi connectivity index (χ3n) is 5.42. The lowest BCUT2D eigenvalue weighted by molar-refractivity contribution is -0.123. The first kappa shape index (κ1) is 19.6. The van der Waals surface area contributed by atoms with Crippen LogP contribution >= 0.6 is 11.8 Å². The number of imide groups is 1. The standard InChI is InChI=1S/C24H21N3O3S/c28-22(25-18-10-11-18)15-26-14-17(19-8-4-5-9-20(19)26)12-21-23(29)27(24(30)31-21)13-16-6-2-1-3-7-16/h1-9,12,14,18H,10-11,13,15H2,(H,25,28)/b21-12-. The summed E-state index contributed by atoms with van der Waals surface area (Å²) in [4.78, 5) is 39.4. The molecule has 31 heavy (non-hydrogen) atoms. The van der Waals surface area contributed by atoms with E-state index >= 15 is 0 Å². The van der Waals surface area contributed by atoms with Gasteiger partial charge < -0.3 is 9.88 Å². The van der Waals surface area contributed by atoms with Crippen LogP contribution in [0, 0.1) is 0 Å². The number of nitrogens with zero attached hydrogens (tertiary/aromatic N) is 2. The Labute approximate surface area is 183 Å². The van der Waals surface area contributed by atoms with Crippen molar-refractivity contribution >= 4 is 45.8 Å². The molecule has 2 fully saturated rings. The van der Waals surface area contributed by atoms with E-state index in [2.05, 4.69) is 5.32 Å². The molecular formula is C24H21N3O3S. The number of hydrogen-bond donors (Lipinski definition) is 1. The Balaban J connectivity index is 1.42. The number of fused-ring (bicyclic) bond motifs is 1. The van der Waals surface area contributed by atoms with Crippen molar-refractivity contribution in [3.05, 3.63) is 76.8 Å². The molecule has 1 aliphatic carbocycles. The van der Waals surface area contributed by atoms with Crippen molar-refractivity contribution < 1.29 is 14.4 Å². The summed E-state index contributed by atoms with van der Waals surface area (Å²) in [6, 6.07) is 17.5. The van der Waals surface area contributed by atoms with E-state index < -0.39 is 0 Å². The molecule has 7 heteroatoms. The van der Waals surface area contributed by atoms with Gasteiger partial charge in [0.2, 0.25) is 5.91 Å². The maximum atomic E-state index is 12.9. The smallest absolute Gasteiger partial charge is 0.293 e. The van der Waals surface area contributed by atoms with Crippen molar-refractivity contribution in [2.24, 2.45) is 0 Å². The normalized spacial score (nSPS) is 17.7. The quantitative estimate of drug-likeness (QED) is 0.595. The van der Waals surface area contributed by atoms with Crippen LogP contribution in [0.1, 0.15) is 24.0 Å². The molecular weight excluding hydrogens is 410 g/mol. The van der Waals surface area contributed by atoms with Crippen molar-refractivity contribution in [3.63, 3.8) is 0 Å². The summed E-state index contributed by atoms with van der Waals surface area (Å²) in [5, 5.41) is 3.68. The molecule has 0 spiro atoms. The zero-order valence-corrected chi connectivity index (χ0v) is 17.6. The lowest BCUT2D eigenvalue weighted by Gasteiger charge is -2.12. The predicted molar refractivity (Wildman–Crippen MR) is 121 cm³/mol. The minimum atomic E-state index is -0.290. The molecule has 156 valence electrons. The van der Waals surface area contributed by atoms with Gasteiger partial charge in [-0.25, -0.2) is 0 Å². The SMILES string of the molecule is O=C(Cn1cc(/C=C2\SC(=O)N(Cc3ccccc3)C2=O)c2ccccc21)NC1CC1. The summed E-state index contributed by atoms with van der Waals surface area (Å²) in [6.45, 7) is 0.478. The zero-order chi connectivity index (χ0) is 21.4. The number of hydrogen-bond acceptors (Lipinski definition) is 4. The molecule has 5 rings (SSSR count). The fraction of sp³-hybridized carbons (Fsp3) is 0.208. The van der Waals surface area contributed by atoms with Gasteiger partial charge >= 0.3 is 0 Å². The second-order valence-corrected chi connectivity index (χ2v) is 8.82. The summed E-state index contributed by atoms with van der Waals surface area (Å²) in [6.07, 6.45) is 5.72. The second-order valence-electron chi connectivity index (χ2n) is 7.82. The van der Waals surface area contributed by atoms with E-state index in [4.69, 9.17) is 0 Å². The Morgan fingerprint density at radius 1 is 1.06 bits per heavy atom. The van der Waals surface area contributed by atoms with Crippen LogP contribution in [-0.4, -0.2) is 32.6 Å². The number of aromatic nitrogens is 1. The van der Waals surface area contributed by atoms with E-state index in [0.29, 0.717) is 10.9 Å². The summed E-state index contributed by atoms with van der Waals surface area (Å²) >= 11 is 0.954. The van der Waals surface area contributed by atoms with E-state index in [1.807, 2.05) is 65.4 Å². The maximum absolute atomic E-state index is 12.9. The van der Waals surface area contributed by atoms with Crippen LogP contribution in [0.3, 0.4) is 0 Å². The summed E-state index contributed by atoms with van der Waals surface area (Å²) in [7, 11) is 0. The van der Waals surface area contributed by atoms with Crippen molar-refractivity contribution in [3.8, 4) is 0 Å². The van der Waals surface area contributed by atoms with Gasteiger partial charge in [0.05, 0.1) is 11.4 Å². The topological polar surface area (TPSA) is 71.4 Å². The van der Waals surface area contributed by atoms with Crippen molar-refractivity contribution in [1.82, 2.24) is 14.8 Å². The van der Waals surface area contributed by atoms with Crippen LogP contribution in [-0.2, 0) is 22.7 Å². The van der Waals surface area contributed by atoms with E-state index in [1.165, 1.54) is 4.90 Å². The van der Waals surface area contributed by atoms with E-state index in [9.17, 15) is 14.4 Å². The Hall–Kier alpha value is -3.32. The number of carbonyl (C=O) groups is 3. The zero-order valence-electron chi connectivity index (χ0n) is 16.8. The highest BCUT2D eigenvalue weighted by Crippen LogP contribution is 2.35. The number of nitrogens with one attached hydrogen (secondary N) is 1. The summed E-state index contributed by atoms with van der Waals surface area (Å²) in [5.74, 6) is -0.305. The molecule has 0 atom stereocenters. The molecule has 2 heterocycles. The molecule has 1 N–H and O–H groups in total. The Morgan fingerprint density at radius 3 is 2.58 bits per heavy atom. The molecule has 1 aromatic heterocycles. The number of rotatable bonds is 6. The van der Waals surface area contributed by atoms with Gasteiger partial charge in [0.15, 0.2) is 0 Å². The molecule has 6 nitrogen and oxygen atoms in total. The van der Waals surface area contributed by atoms with Crippen LogP contribution in [0.5, 0.6) is 0 Å². The highest BCUT2D eigenvalue weighted by atomic mass is 32.2. The molecule has 2 aromatic carbocycles. The van der Waals surface area contributed by atoms with Gasteiger partial charge in [-0.2, -0.15) is 0 Å². The van der Waals surface area contributed by atoms with Gasteiger partial charge in [0.25, 0.3) is 11.1 Å². The minimum absolute atomic E-state index is 0.0158. The lowest BCUT2D eigenvalue weighted by Crippen LogP contribution is -2.29. The molecule has 0 unspecified atom stereocenters. The molecule has 3 aromatic rings. The third-order valence-corrected chi connectivity index (χ3v) is 6.33. The first-order valence-corrected chi connectivity index (χ1v) is 11.1. The highest BCUT2D eigenvalue weighted by Gasteiger charge is 2.35. The molecule has 1 saturated carbocycles. The molecule has 3 amide bonds. The van der Waals surface area contributed by atoms with Crippen LogP contribution in [0.4, 0.5) is 4.79 Å². The molecule has 0 radical (unpaired) electrons. The summed E-state index contributed by atoms with van der Waals surface area (Å²) < 4.78 is 1.90. The minimum Gasteiger partial charge on any atom is -0.352 e. The van der Waals surface area contributed by atoms with Crippen LogP contribution in [0.15, 0.2) is 65.7 Å². The number of amides is 3. The monoisotopic (exact) mass is 431 g/mol. The number of carbonyl (C=O) groups excluding carboxylic acids is 3. The van der Waals surface area contributed by atoms with Crippen LogP contribution in [0.2, 0.25) is 0 Å². The van der Waals surface area contributed by atoms with Gasteiger partial charge in [-0.1, -0.05) is 48.5 Å². The summed E-state index contributed by atoms with van der Waals surface area (Å²) in [5.41, 5.74) is 2.65. The Kier molecular flexibility index (Phi) is 5.11. The van der Waals surface area contributed by atoms with Crippen LogP contribution < -0.4 is 5.32 Å². The molecule has 1 saturated heterocycles. The molecule has 0 bridgehead atoms. The number of benzene rings is 2. The van der Waals surface area contributed by atoms with E-state index in [0.717, 1.165) is 46.6 Å².